The minimum Gasteiger partial charge on any atom is -0.344 e. The topological polar surface area (TPSA) is 49.4 Å². The molecule has 1 aromatic carbocycles. The number of para-hydroxylation sites is 1. The molecule has 2 aromatic rings. The maximum Gasteiger partial charge on any atom is 0.249 e. The summed E-state index contributed by atoms with van der Waals surface area (Å²) in [4.78, 5) is 28.5. The molecule has 0 saturated carbocycles. The SMILES string of the molecule is CC[C@@H](C)C(=O)N[C@H]1CCc2ccccc2N(Cc2cccs2)C1=O. The Bertz CT molecular complexity index is 742. The van der Waals surface area contributed by atoms with Crippen LogP contribution in [0.1, 0.15) is 37.1 Å². The first kappa shape index (κ1) is 17.7. The van der Waals surface area contributed by atoms with Gasteiger partial charge in [-0.2, -0.15) is 0 Å². The number of carbonyl (C=O) groups excluding carboxylic acids is 2. The van der Waals surface area contributed by atoms with Gasteiger partial charge in [-0.15, -0.1) is 11.3 Å². The normalized spacial score (nSPS) is 18.4. The molecule has 2 amide bonds. The van der Waals surface area contributed by atoms with Crippen LogP contribution in [-0.2, 0) is 22.6 Å². The number of nitrogens with one attached hydrogen (secondary N) is 1. The van der Waals surface area contributed by atoms with Crippen LogP contribution in [0.15, 0.2) is 41.8 Å². The second-order valence-corrected chi connectivity index (χ2v) is 7.57. The van der Waals surface area contributed by atoms with Crippen molar-refractivity contribution in [3.63, 3.8) is 0 Å². The van der Waals surface area contributed by atoms with Crippen LogP contribution in [0.4, 0.5) is 5.69 Å². The van der Waals surface area contributed by atoms with Crippen LogP contribution in [0.5, 0.6) is 0 Å². The molecule has 1 aliphatic rings. The quantitative estimate of drug-likeness (QED) is 0.887. The van der Waals surface area contributed by atoms with E-state index in [1.54, 1.807) is 11.3 Å². The second-order valence-electron chi connectivity index (χ2n) is 6.54. The van der Waals surface area contributed by atoms with Gasteiger partial charge in [0.25, 0.3) is 0 Å². The van der Waals surface area contributed by atoms with Crippen LogP contribution < -0.4 is 10.2 Å². The molecule has 0 fully saturated rings. The molecule has 1 aliphatic heterocycles. The number of hydrogen-bond donors (Lipinski definition) is 1. The summed E-state index contributed by atoms with van der Waals surface area (Å²) in [5, 5.41) is 5.00. The summed E-state index contributed by atoms with van der Waals surface area (Å²) in [5.41, 5.74) is 2.12. The average molecular weight is 356 g/mol. The molecule has 0 spiro atoms. The summed E-state index contributed by atoms with van der Waals surface area (Å²) in [6, 6.07) is 11.6. The van der Waals surface area contributed by atoms with Crippen LogP contribution in [-0.4, -0.2) is 17.9 Å². The van der Waals surface area contributed by atoms with Crippen molar-refractivity contribution in [2.75, 3.05) is 4.90 Å². The van der Waals surface area contributed by atoms with Gasteiger partial charge >= 0.3 is 0 Å². The molecule has 132 valence electrons. The summed E-state index contributed by atoms with van der Waals surface area (Å²) < 4.78 is 0. The van der Waals surface area contributed by atoms with Gasteiger partial charge in [-0.25, -0.2) is 0 Å². The van der Waals surface area contributed by atoms with Crippen molar-refractivity contribution in [3.8, 4) is 0 Å². The molecular weight excluding hydrogens is 332 g/mol. The molecule has 1 aromatic heterocycles. The predicted molar refractivity (Wildman–Crippen MR) is 102 cm³/mol. The third-order valence-corrected chi connectivity index (χ3v) is 5.68. The number of fused-ring (bicyclic) bond motifs is 1. The summed E-state index contributed by atoms with van der Waals surface area (Å²) in [5.74, 6) is -0.137. The lowest BCUT2D eigenvalue weighted by Gasteiger charge is -2.26. The van der Waals surface area contributed by atoms with Crippen molar-refractivity contribution >= 4 is 28.8 Å². The lowest BCUT2D eigenvalue weighted by Crippen LogP contribution is -2.49. The van der Waals surface area contributed by atoms with Gasteiger partial charge in [0, 0.05) is 16.5 Å². The van der Waals surface area contributed by atoms with E-state index in [-0.39, 0.29) is 17.7 Å². The first-order valence-electron chi connectivity index (χ1n) is 8.82. The van der Waals surface area contributed by atoms with Crippen molar-refractivity contribution in [2.45, 2.75) is 45.7 Å². The zero-order valence-electron chi connectivity index (χ0n) is 14.7. The number of benzene rings is 1. The van der Waals surface area contributed by atoms with Gasteiger partial charge in [0.15, 0.2) is 0 Å². The van der Waals surface area contributed by atoms with Gasteiger partial charge in [-0.05, 0) is 42.3 Å². The van der Waals surface area contributed by atoms with E-state index in [1.807, 2.05) is 54.5 Å². The molecule has 3 rings (SSSR count). The number of carbonyl (C=O) groups is 2. The first-order valence-corrected chi connectivity index (χ1v) is 9.70. The minimum atomic E-state index is -0.464. The number of nitrogens with zero attached hydrogens (tertiary/aromatic N) is 1. The average Bonchev–Trinajstić information content (AvgIpc) is 3.11. The third-order valence-electron chi connectivity index (χ3n) is 4.82. The van der Waals surface area contributed by atoms with Gasteiger partial charge in [-0.1, -0.05) is 38.1 Å². The Kier molecular flexibility index (Phi) is 5.53. The van der Waals surface area contributed by atoms with Gasteiger partial charge in [0.1, 0.15) is 6.04 Å². The van der Waals surface area contributed by atoms with Crippen molar-refractivity contribution < 1.29 is 9.59 Å². The molecule has 1 N–H and O–H groups in total. The van der Waals surface area contributed by atoms with Gasteiger partial charge in [0.2, 0.25) is 11.8 Å². The fourth-order valence-electron chi connectivity index (χ4n) is 3.07. The highest BCUT2D eigenvalue weighted by Crippen LogP contribution is 2.29. The molecular formula is C20H24N2O2S. The minimum absolute atomic E-state index is 0.0185. The van der Waals surface area contributed by atoms with Crippen LogP contribution >= 0.6 is 11.3 Å². The molecule has 5 heteroatoms. The van der Waals surface area contributed by atoms with E-state index in [0.717, 1.165) is 29.0 Å². The predicted octanol–water partition coefficient (Wildman–Crippen LogP) is 3.76. The Labute approximate surface area is 152 Å². The van der Waals surface area contributed by atoms with E-state index >= 15 is 0 Å². The Hall–Kier alpha value is -2.14. The van der Waals surface area contributed by atoms with Crippen molar-refractivity contribution in [1.29, 1.82) is 0 Å². The molecule has 4 nitrogen and oxygen atoms in total. The first-order chi connectivity index (χ1) is 12.1. The Balaban J connectivity index is 1.88. The fraction of sp³-hybridized carbons (Fsp3) is 0.400. The number of anilines is 1. The van der Waals surface area contributed by atoms with Crippen LogP contribution in [0.3, 0.4) is 0 Å². The molecule has 0 aliphatic carbocycles. The van der Waals surface area contributed by atoms with Crippen LogP contribution in [0.25, 0.3) is 0 Å². The highest BCUT2D eigenvalue weighted by molar-refractivity contribution is 7.09. The van der Waals surface area contributed by atoms with E-state index in [0.29, 0.717) is 13.0 Å². The number of rotatable bonds is 5. The zero-order chi connectivity index (χ0) is 17.8. The summed E-state index contributed by atoms with van der Waals surface area (Å²) >= 11 is 1.64. The lowest BCUT2D eigenvalue weighted by molar-refractivity contribution is -0.129. The lowest BCUT2D eigenvalue weighted by atomic mass is 10.0. The maximum atomic E-state index is 13.2. The van der Waals surface area contributed by atoms with Gasteiger partial charge < -0.3 is 10.2 Å². The van der Waals surface area contributed by atoms with Crippen LogP contribution in [0.2, 0.25) is 0 Å². The number of thiophene rings is 1. The highest BCUT2D eigenvalue weighted by atomic mass is 32.1. The summed E-state index contributed by atoms with van der Waals surface area (Å²) in [6.07, 6.45) is 2.19. The standard InChI is InChI=1S/C20H24N2O2S/c1-3-14(2)19(23)21-17-11-10-15-7-4-5-9-18(15)22(20(17)24)13-16-8-6-12-25-16/h4-9,12,14,17H,3,10-11,13H2,1-2H3,(H,21,23)/t14-,17+/m1/s1. The second kappa shape index (κ2) is 7.83. The summed E-state index contributed by atoms with van der Waals surface area (Å²) in [6.45, 7) is 4.43. The van der Waals surface area contributed by atoms with Crippen LogP contribution in [0, 0.1) is 5.92 Å². The molecule has 0 radical (unpaired) electrons. The third kappa shape index (κ3) is 3.93. The zero-order valence-corrected chi connectivity index (χ0v) is 15.5. The summed E-state index contributed by atoms with van der Waals surface area (Å²) in [7, 11) is 0. The van der Waals surface area contributed by atoms with E-state index in [4.69, 9.17) is 0 Å². The van der Waals surface area contributed by atoms with E-state index in [9.17, 15) is 9.59 Å². The highest BCUT2D eigenvalue weighted by Gasteiger charge is 2.32. The monoisotopic (exact) mass is 356 g/mol. The molecule has 2 heterocycles. The van der Waals surface area contributed by atoms with Gasteiger partial charge in [0.05, 0.1) is 6.54 Å². The number of amides is 2. The number of aryl methyl sites for hydroxylation is 1. The smallest absolute Gasteiger partial charge is 0.249 e. The molecule has 0 unspecified atom stereocenters. The fourth-order valence-corrected chi connectivity index (χ4v) is 3.76. The van der Waals surface area contributed by atoms with Gasteiger partial charge in [-0.3, -0.25) is 9.59 Å². The van der Waals surface area contributed by atoms with E-state index < -0.39 is 6.04 Å². The van der Waals surface area contributed by atoms with Crippen molar-refractivity contribution in [1.82, 2.24) is 5.32 Å². The van der Waals surface area contributed by atoms with E-state index in [1.165, 1.54) is 0 Å². The maximum absolute atomic E-state index is 13.2. The molecule has 25 heavy (non-hydrogen) atoms. The molecule has 0 bridgehead atoms. The number of hydrogen-bond acceptors (Lipinski definition) is 3. The Morgan fingerprint density at radius 1 is 1.32 bits per heavy atom. The Morgan fingerprint density at radius 3 is 2.84 bits per heavy atom. The molecule has 2 atom stereocenters. The Morgan fingerprint density at radius 2 is 2.12 bits per heavy atom. The largest absolute Gasteiger partial charge is 0.344 e. The molecule has 0 saturated heterocycles. The van der Waals surface area contributed by atoms with E-state index in [2.05, 4.69) is 11.4 Å². The van der Waals surface area contributed by atoms with Crippen molar-refractivity contribution in [3.05, 3.63) is 52.2 Å². The van der Waals surface area contributed by atoms with Crippen molar-refractivity contribution in [2.24, 2.45) is 5.92 Å².